The fourth-order valence-corrected chi connectivity index (χ4v) is 3.28. The lowest BCUT2D eigenvalue weighted by atomic mass is 9.82. The average Bonchev–Trinajstić information content (AvgIpc) is 2.60. The molecule has 0 aromatic carbocycles. The van der Waals surface area contributed by atoms with Gasteiger partial charge in [-0.2, -0.15) is 0 Å². The molecule has 0 amide bonds. The standard InChI is InChI=1S/C11H18/c1-3-10-8-5-6-9(7-8)11(10)4-2/h3,8-9,11H,4-7H2,1-2H3/b10-3-. The van der Waals surface area contributed by atoms with Gasteiger partial charge in [0.1, 0.15) is 0 Å². The van der Waals surface area contributed by atoms with Gasteiger partial charge in [-0.15, -0.1) is 0 Å². The lowest BCUT2D eigenvalue weighted by molar-refractivity contribution is 0.395. The summed E-state index contributed by atoms with van der Waals surface area (Å²) in [5.74, 6) is 3.03. The zero-order chi connectivity index (χ0) is 7.84. The van der Waals surface area contributed by atoms with E-state index in [-0.39, 0.29) is 0 Å². The van der Waals surface area contributed by atoms with Crippen LogP contribution in [0.2, 0.25) is 0 Å². The van der Waals surface area contributed by atoms with Gasteiger partial charge < -0.3 is 0 Å². The van der Waals surface area contributed by atoms with Crippen molar-refractivity contribution in [3.8, 4) is 0 Å². The second-order valence-electron chi connectivity index (χ2n) is 4.07. The van der Waals surface area contributed by atoms with Gasteiger partial charge in [0.05, 0.1) is 0 Å². The maximum absolute atomic E-state index is 2.39. The fourth-order valence-electron chi connectivity index (χ4n) is 3.28. The summed E-state index contributed by atoms with van der Waals surface area (Å²) in [5.41, 5.74) is 1.80. The van der Waals surface area contributed by atoms with Crippen LogP contribution in [0.1, 0.15) is 39.5 Å². The van der Waals surface area contributed by atoms with Gasteiger partial charge in [-0.1, -0.05) is 18.6 Å². The first-order valence-corrected chi connectivity index (χ1v) is 5.03. The quantitative estimate of drug-likeness (QED) is 0.503. The van der Waals surface area contributed by atoms with E-state index < -0.39 is 0 Å². The molecule has 0 N–H and O–H groups in total. The molecular weight excluding hydrogens is 132 g/mol. The largest absolute Gasteiger partial charge is 0.0879 e. The summed E-state index contributed by atoms with van der Waals surface area (Å²) in [6.45, 7) is 4.56. The van der Waals surface area contributed by atoms with Crippen LogP contribution in [-0.2, 0) is 0 Å². The molecule has 3 atom stereocenters. The summed E-state index contributed by atoms with van der Waals surface area (Å²) in [7, 11) is 0. The Hall–Kier alpha value is -0.260. The molecule has 2 bridgehead atoms. The minimum absolute atomic E-state index is 0.971. The number of allylic oxidation sites excluding steroid dienone is 2. The Morgan fingerprint density at radius 1 is 1.45 bits per heavy atom. The maximum atomic E-state index is 2.39. The van der Waals surface area contributed by atoms with Crippen LogP contribution in [-0.4, -0.2) is 0 Å². The van der Waals surface area contributed by atoms with E-state index in [1.165, 1.54) is 25.7 Å². The van der Waals surface area contributed by atoms with Gasteiger partial charge in [0.2, 0.25) is 0 Å². The van der Waals surface area contributed by atoms with E-state index in [4.69, 9.17) is 0 Å². The van der Waals surface area contributed by atoms with Crippen LogP contribution in [0.25, 0.3) is 0 Å². The van der Waals surface area contributed by atoms with Crippen LogP contribution in [0, 0.1) is 17.8 Å². The molecule has 2 rings (SSSR count). The van der Waals surface area contributed by atoms with E-state index in [0.29, 0.717) is 0 Å². The lowest BCUT2D eigenvalue weighted by Gasteiger charge is -2.23. The number of rotatable bonds is 1. The Balaban J connectivity index is 2.21. The summed E-state index contributed by atoms with van der Waals surface area (Å²) >= 11 is 0. The molecule has 2 saturated carbocycles. The van der Waals surface area contributed by atoms with Crippen LogP contribution in [0.3, 0.4) is 0 Å². The van der Waals surface area contributed by atoms with Gasteiger partial charge in [0, 0.05) is 0 Å². The molecule has 0 heterocycles. The van der Waals surface area contributed by atoms with E-state index in [1.54, 1.807) is 5.57 Å². The third-order valence-corrected chi connectivity index (χ3v) is 3.71. The molecule has 11 heavy (non-hydrogen) atoms. The van der Waals surface area contributed by atoms with Crippen molar-refractivity contribution in [1.82, 2.24) is 0 Å². The molecule has 0 heteroatoms. The van der Waals surface area contributed by atoms with Crippen molar-refractivity contribution in [2.75, 3.05) is 0 Å². The highest BCUT2D eigenvalue weighted by Crippen LogP contribution is 2.52. The molecule has 3 unspecified atom stereocenters. The molecule has 0 nitrogen and oxygen atoms in total. The van der Waals surface area contributed by atoms with E-state index in [2.05, 4.69) is 19.9 Å². The minimum Gasteiger partial charge on any atom is -0.0879 e. The number of hydrogen-bond acceptors (Lipinski definition) is 0. The molecule has 2 aliphatic rings. The highest BCUT2D eigenvalue weighted by molar-refractivity contribution is 5.20. The molecule has 0 radical (unpaired) electrons. The van der Waals surface area contributed by atoms with E-state index in [1.807, 2.05) is 0 Å². The molecule has 0 aromatic heterocycles. The van der Waals surface area contributed by atoms with Crippen LogP contribution < -0.4 is 0 Å². The zero-order valence-electron chi connectivity index (χ0n) is 7.64. The van der Waals surface area contributed by atoms with E-state index >= 15 is 0 Å². The smallest absolute Gasteiger partial charge is 0.0175 e. The van der Waals surface area contributed by atoms with Crippen molar-refractivity contribution in [2.45, 2.75) is 39.5 Å². The molecule has 2 aliphatic carbocycles. The lowest BCUT2D eigenvalue weighted by Crippen LogP contribution is -2.12. The topological polar surface area (TPSA) is 0 Å². The summed E-state index contributed by atoms with van der Waals surface area (Å²) in [4.78, 5) is 0. The first-order chi connectivity index (χ1) is 5.36. The Morgan fingerprint density at radius 2 is 2.27 bits per heavy atom. The molecule has 62 valence electrons. The number of fused-ring (bicyclic) bond motifs is 2. The Kier molecular flexibility index (Phi) is 1.78. The normalized spacial score (nSPS) is 45.6. The van der Waals surface area contributed by atoms with Gasteiger partial charge in [0.25, 0.3) is 0 Å². The first-order valence-electron chi connectivity index (χ1n) is 5.03. The Morgan fingerprint density at radius 3 is 2.82 bits per heavy atom. The average molecular weight is 150 g/mol. The predicted molar refractivity (Wildman–Crippen MR) is 48.4 cm³/mol. The number of hydrogen-bond donors (Lipinski definition) is 0. The van der Waals surface area contributed by atoms with Gasteiger partial charge in [0.15, 0.2) is 0 Å². The van der Waals surface area contributed by atoms with Gasteiger partial charge in [-0.25, -0.2) is 0 Å². The van der Waals surface area contributed by atoms with Gasteiger partial charge in [-0.3, -0.25) is 0 Å². The third-order valence-electron chi connectivity index (χ3n) is 3.71. The zero-order valence-corrected chi connectivity index (χ0v) is 7.64. The first kappa shape index (κ1) is 7.39. The summed E-state index contributed by atoms with van der Waals surface area (Å²) in [5, 5.41) is 0. The van der Waals surface area contributed by atoms with Crippen molar-refractivity contribution in [3.63, 3.8) is 0 Å². The van der Waals surface area contributed by atoms with Crippen molar-refractivity contribution in [2.24, 2.45) is 17.8 Å². The van der Waals surface area contributed by atoms with Crippen molar-refractivity contribution in [1.29, 1.82) is 0 Å². The molecule has 0 aliphatic heterocycles. The maximum Gasteiger partial charge on any atom is -0.0175 e. The van der Waals surface area contributed by atoms with Crippen molar-refractivity contribution in [3.05, 3.63) is 11.6 Å². The molecule has 0 saturated heterocycles. The molecule has 0 spiro atoms. The van der Waals surface area contributed by atoms with Gasteiger partial charge in [-0.05, 0) is 50.4 Å². The molecule has 0 aromatic rings. The Bertz CT molecular complexity index is 178. The van der Waals surface area contributed by atoms with Crippen LogP contribution in [0.15, 0.2) is 11.6 Å². The minimum atomic E-state index is 0.971. The SMILES string of the molecule is C/C=C1/C2CCC(C2)C1CC. The van der Waals surface area contributed by atoms with Crippen molar-refractivity contribution >= 4 is 0 Å². The predicted octanol–water partition coefficient (Wildman–Crippen LogP) is 3.39. The molecule has 2 fully saturated rings. The second kappa shape index (κ2) is 2.66. The monoisotopic (exact) mass is 150 g/mol. The Labute approximate surface area is 69.7 Å². The van der Waals surface area contributed by atoms with Crippen LogP contribution in [0.4, 0.5) is 0 Å². The summed E-state index contributed by atoms with van der Waals surface area (Å²) < 4.78 is 0. The fraction of sp³-hybridized carbons (Fsp3) is 0.818. The van der Waals surface area contributed by atoms with Crippen molar-refractivity contribution < 1.29 is 0 Å². The van der Waals surface area contributed by atoms with Crippen LogP contribution >= 0.6 is 0 Å². The highest BCUT2D eigenvalue weighted by atomic mass is 14.5. The second-order valence-corrected chi connectivity index (χ2v) is 4.07. The molecular formula is C11H18. The van der Waals surface area contributed by atoms with E-state index in [0.717, 1.165) is 17.8 Å². The van der Waals surface area contributed by atoms with E-state index in [9.17, 15) is 0 Å². The van der Waals surface area contributed by atoms with Gasteiger partial charge >= 0.3 is 0 Å². The summed E-state index contributed by atoms with van der Waals surface area (Å²) in [6.07, 6.45) is 8.28. The summed E-state index contributed by atoms with van der Waals surface area (Å²) in [6, 6.07) is 0. The van der Waals surface area contributed by atoms with Crippen LogP contribution in [0.5, 0.6) is 0 Å². The highest BCUT2D eigenvalue weighted by Gasteiger charge is 2.41. The third kappa shape index (κ3) is 0.953.